The maximum absolute atomic E-state index is 12.1. The van der Waals surface area contributed by atoms with E-state index in [0.29, 0.717) is 12.8 Å². The van der Waals surface area contributed by atoms with Crippen molar-refractivity contribution in [2.45, 2.75) is 52.2 Å². The fourth-order valence-electron chi connectivity index (χ4n) is 3.74. The van der Waals surface area contributed by atoms with Crippen LogP contribution in [0.25, 0.3) is 6.08 Å². The highest BCUT2D eigenvalue weighted by Crippen LogP contribution is 2.38. The van der Waals surface area contributed by atoms with E-state index in [9.17, 15) is 4.79 Å². The quantitative estimate of drug-likeness (QED) is 0.566. The Bertz CT molecular complexity index is 750. The molecule has 3 rings (SSSR count). The van der Waals surface area contributed by atoms with Crippen LogP contribution in [-0.2, 0) is 14.3 Å². The highest BCUT2D eigenvalue weighted by Gasteiger charge is 2.31. The minimum absolute atomic E-state index is 0.0706. The Morgan fingerprint density at radius 2 is 2.12 bits per heavy atom. The number of esters is 1. The van der Waals surface area contributed by atoms with Gasteiger partial charge in [-0.25, -0.2) is 4.79 Å². The molecule has 134 valence electrons. The minimum atomic E-state index is -0.213. The van der Waals surface area contributed by atoms with Crippen molar-refractivity contribution in [3.63, 3.8) is 0 Å². The number of carbonyl (C=O) groups excluding carboxylic acids is 1. The molecule has 0 N–H and O–H groups in total. The van der Waals surface area contributed by atoms with Crippen LogP contribution in [0.3, 0.4) is 0 Å². The van der Waals surface area contributed by atoms with Crippen LogP contribution < -0.4 is 0 Å². The largest absolute Gasteiger partial charge is 0.459 e. The Morgan fingerprint density at radius 1 is 1.36 bits per heavy atom. The number of hydrogen-bond donors (Lipinski definition) is 0. The summed E-state index contributed by atoms with van der Waals surface area (Å²) in [5.74, 6) is 1.52. The molecule has 0 unspecified atom stereocenters. The van der Waals surface area contributed by atoms with E-state index < -0.39 is 0 Å². The van der Waals surface area contributed by atoms with Crippen molar-refractivity contribution in [3.8, 4) is 0 Å². The van der Waals surface area contributed by atoms with Crippen LogP contribution in [-0.4, -0.2) is 19.2 Å². The van der Waals surface area contributed by atoms with E-state index in [2.05, 4.69) is 6.58 Å². The summed E-state index contributed by atoms with van der Waals surface area (Å²) in [7, 11) is 1.69. The van der Waals surface area contributed by atoms with Gasteiger partial charge in [-0.05, 0) is 57.4 Å². The minimum Gasteiger partial charge on any atom is -0.459 e. The van der Waals surface area contributed by atoms with Crippen LogP contribution in [0.2, 0.25) is 0 Å². The van der Waals surface area contributed by atoms with Gasteiger partial charge in [-0.2, -0.15) is 0 Å². The standard InChI is InChI=1S/C21H26O4/c1-12(2)18-7-6-15-11-17(25-21(15)22)9-13(3)8-16-10-14(4)19(24-16)20(18)23-5/h8,10-11,17-18,20H,1,6-7,9H2,2-5H3/b13-8-/t17-,18+,20-/m0/s1. The average molecular weight is 342 g/mol. The van der Waals surface area contributed by atoms with Gasteiger partial charge < -0.3 is 13.9 Å². The summed E-state index contributed by atoms with van der Waals surface area (Å²) in [5, 5.41) is 0. The Hall–Kier alpha value is -2.07. The van der Waals surface area contributed by atoms with Crippen LogP contribution in [0.15, 0.2) is 39.9 Å². The average Bonchev–Trinajstić information content (AvgIpc) is 3.05. The van der Waals surface area contributed by atoms with Gasteiger partial charge in [-0.1, -0.05) is 17.7 Å². The fraction of sp³-hybridized carbons (Fsp3) is 0.476. The number of hydrogen-bond acceptors (Lipinski definition) is 4. The van der Waals surface area contributed by atoms with Crippen molar-refractivity contribution in [1.82, 2.24) is 0 Å². The highest BCUT2D eigenvalue weighted by molar-refractivity contribution is 5.90. The SMILES string of the molecule is C=C(C)[C@H]1CCC2=C[C@H](C/C(C)=C\c3cc(C)c(o3)[C@H]1OC)OC2=O. The molecule has 0 saturated heterocycles. The summed E-state index contributed by atoms with van der Waals surface area (Å²) in [6.45, 7) is 10.2. The van der Waals surface area contributed by atoms with Gasteiger partial charge in [0.15, 0.2) is 0 Å². The Morgan fingerprint density at radius 3 is 2.80 bits per heavy atom. The second-order valence-corrected chi connectivity index (χ2v) is 7.17. The smallest absolute Gasteiger partial charge is 0.334 e. The second kappa shape index (κ2) is 7.04. The van der Waals surface area contributed by atoms with Crippen LogP contribution in [0.1, 0.15) is 56.3 Å². The molecule has 4 bridgehead atoms. The lowest BCUT2D eigenvalue weighted by molar-refractivity contribution is -0.139. The third kappa shape index (κ3) is 3.64. The first kappa shape index (κ1) is 17.7. The molecule has 0 aliphatic carbocycles. The van der Waals surface area contributed by atoms with Gasteiger partial charge in [0.25, 0.3) is 0 Å². The van der Waals surface area contributed by atoms with Gasteiger partial charge in [-0.15, -0.1) is 0 Å². The Labute approximate surface area is 149 Å². The number of ether oxygens (including phenoxy) is 2. The molecule has 1 aromatic rings. The zero-order valence-electron chi connectivity index (χ0n) is 15.4. The van der Waals surface area contributed by atoms with Gasteiger partial charge in [0.2, 0.25) is 0 Å². The lowest BCUT2D eigenvalue weighted by Crippen LogP contribution is -2.17. The third-order valence-corrected chi connectivity index (χ3v) is 5.03. The predicted molar refractivity (Wildman–Crippen MR) is 97.0 cm³/mol. The first-order valence-electron chi connectivity index (χ1n) is 8.76. The first-order chi connectivity index (χ1) is 11.9. The maximum atomic E-state index is 12.1. The fourth-order valence-corrected chi connectivity index (χ4v) is 3.74. The van der Waals surface area contributed by atoms with E-state index in [1.165, 1.54) is 0 Å². The molecule has 3 heterocycles. The molecule has 4 nitrogen and oxygen atoms in total. The molecule has 0 spiro atoms. The summed E-state index contributed by atoms with van der Waals surface area (Å²) in [6.07, 6.45) is 5.68. The molecule has 1 aromatic heterocycles. The lowest BCUT2D eigenvalue weighted by atomic mass is 9.86. The van der Waals surface area contributed by atoms with E-state index in [1.54, 1.807) is 7.11 Å². The molecule has 0 aromatic carbocycles. The van der Waals surface area contributed by atoms with Crippen LogP contribution in [0, 0.1) is 12.8 Å². The van der Waals surface area contributed by atoms with Crippen molar-refractivity contribution in [2.24, 2.45) is 5.92 Å². The van der Waals surface area contributed by atoms with Gasteiger partial charge in [-0.3, -0.25) is 0 Å². The molecule has 0 amide bonds. The number of fused-ring (bicyclic) bond motifs is 3. The van der Waals surface area contributed by atoms with Gasteiger partial charge in [0.05, 0.1) is 0 Å². The van der Waals surface area contributed by atoms with Crippen LogP contribution in [0.4, 0.5) is 0 Å². The zero-order chi connectivity index (χ0) is 18.1. The second-order valence-electron chi connectivity index (χ2n) is 7.17. The lowest BCUT2D eigenvalue weighted by Gasteiger charge is -2.25. The van der Waals surface area contributed by atoms with Crippen molar-refractivity contribution in [1.29, 1.82) is 0 Å². The van der Waals surface area contributed by atoms with E-state index in [-0.39, 0.29) is 24.1 Å². The van der Waals surface area contributed by atoms with Gasteiger partial charge in [0.1, 0.15) is 23.7 Å². The monoisotopic (exact) mass is 342 g/mol. The molecular formula is C21H26O4. The third-order valence-electron chi connectivity index (χ3n) is 5.03. The molecule has 0 fully saturated rings. The molecular weight excluding hydrogens is 316 g/mol. The van der Waals surface area contributed by atoms with Crippen LogP contribution in [0.5, 0.6) is 0 Å². The molecule has 0 radical (unpaired) electrons. The molecule has 4 heteroatoms. The molecule has 2 aliphatic heterocycles. The zero-order valence-corrected chi connectivity index (χ0v) is 15.4. The molecule has 2 aliphatic rings. The number of rotatable bonds is 2. The van der Waals surface area contributed by atoms with E-state index in [4.69, 9.17) is 13.9 Å². The summed E-state index contributed by atoms with van der Waals surface area (Å²) in [4.78, 5) is 12.1. The Kier molecular flexibility index (Phi) is 5.00. The molecule has 0 saturated carbocycles. The van der Waals surface area contributed by atoms with E-state index >= 15 is 0 Å². The topological polar surface area (TPSA) is 48.7 Å². The van der Waals surface area contributed by atoms with E-state index in [1.807, 2.05) is 39.0 Å². The highest BCUT2D eigenvalue weighted by atomic mass is 16.5. The maximum Gasteiger partial charge on any atom is 0.334 e. The molecule has 25 heavy (non-hydrogen) atoms. The molecule has 3 atom stereocenters. The van der Waals surface area contributed by atoms with Crippen molar-refractivity contribution in [3.05, 3.63) is 52.5 Å². The van der Waals surface area contributed by atoms with Gasteiger partial charge in [0, 0.05) is 25.0 Å². The number of furan rings is 1. The predicted octanol–water partition coefficient (Wildman–Crippen LogP) is 4.91. The van der Waals surface area contributed by atoms with Gasteiger partial charge >= 0.3 is 5.97 Å². The van der Waals surface area contributed by atoms with Crippen LogP contribution >= 0.6 is 0 Å². The summed E-state index contributed by atoms with van der Waals surface area (Å²) >= 11 is 0. The normalized spacial score (nSPS) is 28.8. The van der Waals surface area contributed by atoms with E-state index in [0.717, 1.165) is 40.2 Å². The number of carbonyl (C=O) groups is 1. The summed E-state index contributed by atoms with van der Waals surface area (Å²) in [6, 6.07) is 2.04. The summed E-state index contributed by atoms with van der Waals surface area (Å²) < 4.78 is 17.4. The number of methoxy groups -OCH3 is 1. The summed E-state index contributed by atoms with van der Waals surface area (Å²) in [5.41, 5.74) is 3.97. The van der Waals surface area contributed by atoms with Crippen molar-refractivity contribution >= 4 is 12.0 Å². The van der Waals surface area contributed by atoms with Crippen molar-refractivity contribution in [2.75, 3.05) is 7.11 Å². The Balaban J connectivity index is 2.05. The first-order valence-corrected chi connectivity index (χ1v) is 8.76. The van der Waals surface area contributed by atoms with Crippen molar-refractivity contribution < 1.29 is 18.7 Å². The number of aryl methyl sites for hydroxylation is 1.